The normalized spacial score (nSPS) is 16.6. The number of rotatable bonds is 6. The highest BCUT2D eigenvalue weighted by Crippen LogP contribution is 2.29. The van der Waals surface area contributed by atoms with Gasteiger partial charge in [0.1, 0.15) is 0 Å². The summed E-state index contributed by atoms with van der Waals surface area (Å²) in [5.41, 5.74) is 0.617. The molecule has 1 aromatic carbocycles. The molecule has 1 aromatic heterocycles. The second-order valence-corrected chi connectivity index (χ2v) is 7.45. The molecule has 1 aliphatic heterocycles. The van der Waals surface area contributed by atoms with E-state index in [9.17, 15) is 18.0 Å². The Morgan fingerprint density at radius 3 is 2.56 bits per heavy atom. The van der Waals surface area contributed by atoms with E-state index in [1.807, 2.05) is 26.4 Å². The lowest BCUT2D eigenvalue weighted by molar-refractivity contribution is -0.137. The van der Waals surface area contributed by atoms with Gasteiger partial charge in [0.05, 0.1) is 18.3 Å². The summed E-state index contributed by atoms with van der Waals surface area (Å²) >= 11 is 0. The lowest BCUT2D eigenvalue weighted by atomic mass is 10.0. The third-order valence-corrected chi connectivity index (χ3v) is 5.15. The van der Waals surface area contributed by atoms with Crippen LogP contribution in [0.3, 0.4) is 0 Å². The van der Waals surface area contributed by atoms with Gasteiger partial charge in [-0.05, 0) is 43.2 Å². The first-order valence-corrected chi connectivity index (χ1v) is 10.2. The molecule has 2 heterocycles. The van der Waals surface area contributed by atoms with Crippen molar-refractivity contribution in [2.45, 2.75) is 25.4 Å². The number of hydrogen-bond acceptors (Lipinski definition) is 3. The predicted molar refractivity (Wildman–Crippen MR) is 127 cm³/mol. The van der Waals surface area contributed by atoms with Gasteiger partial charge in [0.25, 0.3) is 5.91 Å². The number of aryl methyl sites for hydroxylation is 1. The van der Waals surface area contributed by atoms with E-state index in [2.05, 4.69) is 25.6 Å². The van der Waals surface area contributed by atoms with Crippen molar-refractivity contribution in [1.82, 2.24) is 25.3 Å². The van der Waals surface area contributed by atoms with Gasteiger partial charge in [-0.15, -0.1) is 24.0 Å². The van der Waals surface area contributed by atoms with Gasteiger partial charge in [-0.1, -0.05) is 0 Å². The fraction of sp³-hybridized carbons (Fsp3) is 0.476. The topological polar surface area (TPSA) is 74.6 Å². The molecule has 1 atom stereocenters. The van der Waals surface area contributed by atoms with E-state index in [0.29, 0.717) is 12.5 Å². The molecule has 32 heavy (non-hydrogen) atoms. The lowest BCUT2D eigenvalue weighted by Crippen LogP contribution is -2.40. The van der Waals surface area contributed by atoms with Crippen LogP contribution in [-0.4, -0.2) is 59.3 Å². The third kappa shape index (κ3) is 6.84. The molecule has 176 valence electrons. The molecule has 0 bridgehead atoms. The van der Waals surface area contributed by atoms with E-state index in [1.165, 1.54) is 17.7 Å². The van der Waals surface area contributed by atoms with Crippen LogP contribution in [0.1, 0.15) is 40.7 Å². The zero-order chi connectivity index (χ0) is 22.4. The largest absolute Gasteiger partial charge is 0.416 e. The molecule has 1 aliphatic rings. The average molecular weight is 564 g/mol. The molecule has 0 saturated carbocycles. The van der Waals surface area contributed by atoms with E-state index in [1.54, 1.807) is 4.68 Å². The second kappa shape index (κ2) is 11.5. The standard InChI is InChI=1S/C21H27F3N6O.HI/c1-3-25-20(30-11-8-16(14-30)17-12-28-29(2)13-17)27-10-9-26-19(31)15-4-6-18(7-5-15)21(22,23)24;/h4-7,12-13,16H,3,8-11,14H2,1-2H3,(H,25,27)(H,26,31);1H. The van der Waals surface area contributed by atoms with Crippen molar-refractivity contribution in [3.63, 3.8) is 0 Å². The Balaban J connectivity index is 0.00000363. The van der Waals surface area contributed by atoms with Crippen molar-refractivity contribution < 1.29 is 18.0 Å². The summed E-state index contributed by atoms with van der Waals surface area (Å²) in [5.74, 6) is 0.765. The van der Waals surface area contributed by atoms with E-state index in [4.69, 9.17) is 0 Å². The summed E-state index contributed by atoms with van der Waals surface area (Å²) in [7, 11) is 1.90. The van der Waals surface area contributed by atoms with Crippen molar-refractivity contribution in [1.29, 1.82) is 0 Å². The van der Waals surface area contributed by atoms with Crippen LogP contribution in [0.4, 0.5) is 13.2 Å². The van der Waals surface area contributed by atoms with E-state index in [-0.39, 0.29) is 36.1 Å². The predicted octanol–water partition coefficient (Wildman–Crippen LogP) is 3.24. The summed E-state index contributed by atoms with van der Waals surface area (Å²) in [6, 6.07) is 4.16. The maximum absolute atomic E-state index is 12.6. The molecule has 1 saturated heterocycles. The fourth-order valence-corrected chi connectivity index (χ4v) is 3.55. The monoisotopic (exact) mass is 564 g/mol. The highest BCUT2D eigenvalue weighted by molar-refractivity contribution is 14.0. The Morgan fingerprint density at radius 1 is 1.25 bits per heavy atom. The number of likely N-dealkylation sites (tertiary alicyclic amines) is 1. The molecule has 0 radical (unpaired) electrons. The molecular weight excluding hydrogens is 536 g/mol. The van der Waals surface area contributed by atoms with Crippen LogP contribution >= 0.6 is 24.0 Å². The Kier molecular flexibility index (Phi) is 9.34. The number of alkyl halides is 3. The number of aromatic nitrogens is 2. The van der Waals surface area contributed by atoms with Crippen LogP contribution < -0.4 is 10.6 Å². The molecule has 2 aromatic rings. The maximum atomic E-state index is 12.6. The zero-order valence-corrected chi connectivity index (χ0v) is 20.4. The van der Waals surface area contributed by atoms with E-state index in [0.717, 1.165) is 44.1 Å². The Bertz CT molecular complexity index is 913. The molecule has 0 aliphatic carbocycles. The van der Waals surface area contributed by atoms with Gasteiger partial charge < -0.3 is 15.5 Å². The quantitative estimate of drug-likeness (QED) is 0.245. The Morgan fingerprint density at radius 2 is 1.97 bits per heavy atom. The fourth-order valence-electron chi connectivity index (χ4n) is 3.55. The minimum atomic E-state index is -4.42. The maximum Gasteiger partial charge on any atom is 0.416 e. The van der Waals surface area contributed by atoms with Crippen LogP contribution in [0.25, 0.3) is 0 Å². The molecule has 1 unspecified atom stereocenters. The number of benzene rings is 1. The first-order chi connectivity index (χ1) is 14.8. The van der Waals surface area contributed by atoms with Crippen molar-refractivity contribution in [3.8, 4) is 0 Å². The Labute approximate surface area is 202 Å². The van der Waals surface area contributed by atoms with Crippen LogP contribution in [0.15, 0.2) is 41.7 Å². The zero-order valence-electron chi connectivity index (χ0n) is 18.0. The van der Waals surface area contributed by atoms with Crippen LogP contribution in [0, 0.1) is 0 Å². The third-order valence-electron chi connectivity index (χ3n) is 5.15. The summed E-state index contributed by atoms with van der Waals surface area (Å²) in [4.78, 5) is 18.9. The number of nitrogens with one attached hydrogen (secondary N) is 2. The first kappa shape index (κ1) is 25.9. The second-order valence-electron chi connectivity index (χ2n) is 7.45. The summed E-state index contributed by atoms with van der Waals surface area (Å²) in [5, 5.41) is 10.2. The van der Waals surface area contributed by atoms with Gasteiger partial charge in [-0.3, -0.25) is 14.5 Å². The number of halogens is 4. The number of hydrogen-bond donors (Lipinski definition) is 2. The highest BCUT2D eigenvalue weighted by Gasteiger charge is 2.30. The van der Waals surface area contributed by atoms with Crippen LogP contribution in [-0.2, 0) is 13.2 Å². The summed E-state index contributed by atoms with van der Waals surface area (Å²) in [6.07, 6.45) is 0.531. The van der Waals surface area contributed by atoms with Gasteiger partial charge in [-0.2, -0.15) is 18.3 Å². The first-order valence-electron chi connectivity index (χ1n) is 10.2. The molecule has 11 heteroatoms. The smallest absolute Gasteiger partial charge is 0.357 e. The minimum Gasteiger partial charge on any atom is -0.357 e. The molecule has 1 fully saturated rings. The lowest BCUT2D eigenvalue weighted by Gasteiger charge is -2.21. The molecule has 2 N–H and O–H groups in total. The number of amides is 1. The molecule has 7 nitrogen and oxygen atoms in total. The van der Waals surface area contributed by atoms with Gasteiger partial charge in [0.2, 0.25) is 0 Å². The van der Waals surface area contributed by atoms with Crippen molar-refractivity contribution in [2.75, 3.05) is 32.7 Å². The van der Waals surface area contributed by atoms with Crippen molar-refractivity contribution >= 4 is 35.8 Å². The number of guanidine groups is 1. The molecule has 1 amide bonds. The number of nitrogens with zero attached hydrogens (tertiary/aromatic N) is 4. The van der Waals surface area contributed by atoms with Crippen LogP contribution in [0.5, 0.6) is 0 Å². The van der Waals surface area contributed by atoms with Gasteiger partial charge >= 0.3 is 6.18 Å². The molecular formula is C21H28F3IN6O. The SMILES string of the molecule is CCNC(=NCCNC(=O)c1ccc(C(F)(F)F)cc1)N1CCC(c2cnn(C)c2)C1.I. The molecule has 3 rings (SSSR count). The van der Waals surface area contributed by atoms with E-state index >= 15 is 0 Å². The summed E-state index contributed by atoms with van der Waals surface area (Å²) < 4.78 is 39.7. The minimum absolute atomic E-state index is 0. The number of carbonyl (C=O) groups is 1. The van der Waals surface area contributed by atoms with Crippen molar-refractivity contribution in [2.24, 2.45) is 12.0 Å². The van der Waals surface area contributed by atoms with Gasteiger partial charge in [-0.25, -0.2) is 0 Å². The number of aliphatic imine (C=N–C) groups is 1. The highest BCUT2D eigenvalue weighted by atomic mass is 127. The van der Waals surface area contributed by atoms with Gasteiger partial charge in [0.15, 0.2) is 5.96 Å². The Hall–Kier alpha value is -2.31. The number of carbonyl (C=O) groups excluding carboxylic acids is 1. The van der Waals surface area contributed by atoms with Crippen LogP contribution in [0.2, 0.25) is 0 Å². The summed E-state index contributed by atoms with van der Waals surface area (Å²) in [6.45, 7) is 5.09. The van der Waals surface area contributed by atoms with E-state index < -0.39 is 17.6 Å². The van der Waals surface area contributed by atoms with Gasteiger partial charge in [0, 0.05) is 50.9 Å². The van der Waals surface area contributed by atoms with Crippen molar-refractivity contribution in [3.05, 3.63) is 53.3 Å². The molecule has 0 spiro atoms. The average Bonchev–Trinajstić information content (AvgIpc) is 3.38.